The average Bonchev–Trinajstić information content (AvgIpc) is 2.91. The van der Waals surface area contributed by atoms with Crippen molar-refractivity contribution in [1.29, 1.82) is 0 Å². The van der Waals surface area contributed by atoms with Crippen LogP contribution in [0.5, 0.6) is 5.75 Å². The summed E-state index contributed by atoms with van der Waals surface area (Å²) >= 11 is 5.97. The molecule has 8 heteroatoms. The Hall–Kier alpha value is -2.28. The van der Waals surface area contributed by atoms with Gasteiger partial charge in [-0.25, -0.2) is 9.78 Å². The van der Waals surface area contributed by atoms with Crippen molar-refractivity contribution in [3.8, 4) is 17.1 Å². The summed E-state index contributed by atoms with van der Waals surface area (Å²) in [5, 5.41) is 6.81. The summed E-state index contributed by atoms with van der Waals surface area (Å²) in [4.78, 5) is 15.6. The summed E-state index contributed by atoms with van der Waals surface area (Å²) in [6.45, 7) is 1.96. The fourth-order valence-electron chi connectivity index (χ4n) is 1.59. The summed E-state index contributed by atoms with van der Waals surface area (Å²) in [5.41, 5.74) is 6.61. The van der Waals surface area contributed by atoms with Gasteiger partial charge in [-0.05, 0) is 13.0 Å². The molecule has 0 saturated carbocycles. The number of aromatic amines is 1. The van der Waals surface area contributed by atoms with E-state index >= 15 is 0 Å². The Labute approximate surface area is 120 Å². The van der Waals surface area contributed by atoms with Crippen LogP contribution in [0.3, 0.4) is 0 Å². The zero-order chi connectivity index (χ0) is 14.7. The molecule has 2 aromatic rings. The van der Waals surface area contributed by atoms with E-state index in [1.54, 1.807) is 19.1 Å². The van der Waals surface area contributed by atoms with Gasteiger partial charge in [-0.2, -0.15) is 5.10 Å². The first kappa shape index (κ1) is 14.1. The number of anilines is 1. The third-order valence-corrected chi connectivity index (χ3v) is 2.84. The molecule has 1 heterocycles. The van der Waals surface area contributed by atoms with E-state index in [4.69, 9.17) is 26.8 Å². The molecule has 0 atom stereocenters. The maximum Gasteiger partial charge on any atom is 0.375 e. The molecule has 0 aliphatic rings. The van der Waals surface area contributed by atoms with Crippen LogP contribution in [-0.4, -0.2) is 34.9 Å². The van der Waals surface area contributed by atoms with Crippen molar-refractivity contribution in [2.24, 2.45) is 0 Å². The molecule has 0 aliphatic heterocycles. The van der Waals surface area contributed by atoms with E-state index in [0.717, 1.165) is 0 Å². The first-order chi connectivity index (χ1) is 9.56. The van der Waals surface area contributed by atoms with Crippen LogP contribution >= 0.6 is 11.6 Å². The second kappa shape index (κ2) is 5.79. The fourth-order valence-corrected chi connectivity index (χ4v) is 1.75. The number of rotatable bonds is 4. The van der Waals surface area contributed by atoms with E-state index in [0.29, 0.717) is 22.0 Å². The lowest BCUT2D eigenvalue weighted by molar-refractivity contribution is 0.0512. The van der Waals surface area contributed by atoms with Gasteiger partial charge in [0.15, 0.2) is 5.82 Å². The summed E-state index contributed by atoms with van der Waals surface area (Å²) in [5.74, 6) is 0.164. The number of halogens is 1. The number of benzene rings is 1. The number of methoxy groups -OCH3 is 1. The number of carbonyl (C=O) groups excluding carboxylic acids is 1. The van der Waals surface area contributed by atoms with Gasteiger partial charge in [0.1, 0.15) is 5.75 Å². The summed E-state index contributed by atoms with van der Waals surface area (Å²) in [7, 11) is 1.49. The van der Waals surface area contributed by atoms with Gasteiger partial charge in [-0.15, -0.1) is 0 Å². The van der Waals surface area contributed by atoms with E-state index in [9.17, 15) is 4.79 Å². The average molecular weight is 297 g/mol. The Morgan fingerprint density at radius 3 is 2.90 bits per heavy atom. The molecule has 7 nitrogen and oxygen atoms in total. The summed E-state index contributed by atoms with van der Waals surface area (Å²) in [6, 6.07) is 3.14. The largest absolute Gasteiger partial charge is 0.496 e. The first-order valence-corrected chi connectivity index (χ1v) is 6.17. The number of carbonyl (C=O) groups is 1. The molecule has 2 rings (SSSR count). The molecule has 0 bridgehead atoms. The van der Waals surface area contributed by atoms with Crippen LogP contribution in [0.2, 0.25) is 5.02 Å². The van der Waals surface area contributed by atoms with E-state index in [1.165, 1.54) is 7.11 Å². The molecule has 0 amide bonds. The van der Waals surface area contributed by atoms with Gasteiger partial charge in [0.05, 0.1) is 30.0 Å². The number of hydrogen-bond donors (Lipinski definition) is 2. The molecule has 1 aromatic carbocycles. The van der Waals surface area contributed by atoms with Gasteiger partial charge in [0.25, 0.3) is 0 Å². The maximum absolute atomic E-state index is 11.5. The minimum atomic E-state index is -0.577. The van der Waals surface area contributed by atoms with Gasteiger partial charge in [0.2, 0.25) is 5.82 Å². The maximum atomic E-state index is 11.5. The number of nitrogens with two attached hydrogens (primary N) is 1. The normalized spacial score (nSPS) is 10.3. The molecule has 1 aromatic heterocycles. The van der Waals surface area contributed by atoms with Crippen LogP contribution in [0.15, 0.2) is 12.1 Å². The third-order valence-electron chi connectivity index (χ3n) is 2.51. The topological polar surface area (TPSA) is 103 Å². The molecule has 3 N–H and O–H groups in total. The van der Waals surface area contributed by atoms with Gasteiger partial charge in [-0.3, -0.25) is 5.10 Å². The standard InChI is InChI=1S/C12H13ClN4O3/c1-3-20-12(18)11-15-10(16-17-11)6-4-7(13)8(14)5-9(6)19-2/h4-5H,3,14H2,1-2H3,(H,15,16,17). The number of esters is 1. The number of aromatic nitrogens is 3. The van der Waals surface area contributed by atoms with Gasteiger partial charge < -0.3 is 15.2 Å². The molecular formula is C12H13ClN4O3. The molecule has 0 fully saturated rings. The second-order valence-corrected chi connectivity index (χ2v) is 4.21. The molecule has 0 saturated heterocycles. The number of ether oxygens (including phenoxy) is 2. The third kappa shape index (κ3) is 2.67. The Bertz CT molecular complexity index is 642. The zero-order valence-electron chi connectivity index (χ0n) is 10.9. The van der Waals surface area contributed by atoms with Crippen molar-refractivity contribution in [2.45, 2.75) is 6.92 Å². The van der Waals surface area contributed by atoms with Gasteiger partial charge >= 0.3 is 5.97 Å². The van der Waals surface area contributed by atoms with Crippen LogP contribution in [0, 0.1) is 0 Å². The van der Waals surface area contributed by atoms with Crippen molar-refractivity contribution >= 4 is 23.3 Å². The lowest BCUT2D eigenvalue weighted by Gasteiger charge is -2.07. The Kier molecular flexibility index (Phi) is 4.09. The molecule has 0 spiro atoms. The molecule has 20 heavy (non-hydrogen) atoms. The van der Waals surface area contributed by atoms with Crippen LogP contribution < -0.4 is 10.5 Å². The highest BCUT2D eigenvalue weighted by Crippen LogP contribution is 2.34. The number of nitrogen functional groups attached to an aromatic ring is 1. The van der Waals surface area contributed by atoms with Crippen LogP contribution in [0.4, 0.5) is 5.69 Å². The number of H-pyrrole nitrogens is 1. The number of nitrogens with one attached hydrogen (secondary N) is 1. The SMILES string of the molecule is CCOC(=O)c1nc(-c2cc(Cl)c(N)cc2OC)n[nH]1. The smallest absolute Gasteiger partial charge is 0.375 e. The van der Waals surface area contributed by atoms with Crippen molar-refractivity contribution < 1.29 is 14.3 Å². The molecule has 0 unspecified atom stereocenters. The van der Waals surface area contributed by atoms with Gasteiger partial charge in [-0.1, -0.05) is 11.6 Å². The van der Waals surface area contributed by atoms with Gasteiger partial charge in [0, 0.05) is 6.07 Å². The Balaban J connectivity index is 2.42. The molecule has 106 valence electrons. The Morgan fingerprint density at radius 2 is 2.25 bits per heavy atom. The predicted molar refractivity (Wildman–Crippen MR) is 73.7 cm³/mol. The lowest BCUT2D eigenvalue weighted by Crippen LogP contribution is -2.06. The van der Waals surface area contributed by atoms with Crippen LogP contribution in [0.25, 0.3) is 11.4 Å². The summed E-state index contributed by atoms with van der Waals surface area (Å²) < 4.78 is 10.0. The number of nitrogens with zero attached hydrogens (tertiary/aromatic N) is 2. The monoisotopic (exact) mass is 296 g/mol. The Morgan fingerprint density at radius 1 is 1.50 bits per heavy atom. The van der Waals surface area contributed by atoms with Crippen LogP contribution in [0.1, 0.15) is 17.5 Å². The minimum Gasteiger partial charge on any atom is -0.496 e. The van der Waals surface area contributed by atoms with Crippen molar-refractivity contribution in [2.75, 3.05) is 19.5 Å². The molecular weight excluding hydrogens is 284 g/mol. The second-order valence-electron chi connectivity index (χ2n) is 3.80. The van der Waals surface area contributed by atoms with Crippen LogP contribution in [-0.2, 0) is 4.74 Å². The predicted octanol–water partition coefficient (Wildman–Crippen LogP) is 1.89. The summed E-state index contributed by atoms with van der Waals surface area (Å²) in [6.07, 6.45) is 0. The highest BCUT2D eigenvalue weighted by atomic mass is 35.5. The van der Waals surface area contributed by atoms with E-state index < -0.39 is 5.97 Å². The van der Waals surface area contributed by atoms with E-state index in [-0.39, 0.29) is 18.3 Å². The van der Waals surface area contributed by atoms with E-state index in [1.807, 2.05) is 0 Å². The quantitative estimate of drug-likeness (QED) is 0.659. The van der Waals surface area contributed by atoms with E-state index in [2.05, 4.69) is 15.2 Å². The van der Waals surface area contributed by atoms with Crippen molar-refractivity contribution in [3.05, 3.63) is 23.0 Å². The first-order valence-electron chi connectivity index (χ1n) is 5.79. The molecule has 0 radical (unpaired) electrons. The fraction of sp³-hybridized carbons (Fsp3) is 0.250. The number of hydrogen-bond acceptors (Lipinski definition) is 6. The van der Waals surface area contributed by atoms with Crippen molar-refractivity contribution in [1.82, 2.24) is 15.2 Å². The molecule has 0 aliphatic carbocycles. The highest BCUT2D eigenvalue weighted by Gasteiger charge is 2.17. The highest BCUT2D eigenvalue weighted by molar-refractivity contribution is 6.33. The van der Waals surface area contributed by atoms with Crippen molar-refractivity contribution in [3.63, 3.8) is 0 Å². The zero-order valence-corrected chi connectivity index (χ0v) is 11.7. The minimum absolute atomic E-state index is 0.0110. The lowest BCUT2D eigenvalue weighted by atomic mass is 10.1.